The molecule has 1 aliphatic rings. The summed E-state index contributed by atoms with van der Waals surface area (Å²) < 4.78 is 10.8. The molecule has 1 aromatic rings. The van der Waals surface area contributed by atoms with E-state index in [0.717, 1.165) is 25.0 Å². The maximum atomic E-state index is 11.3. The first-order valence-electron chi connectivity index (χ1n) is 6.19. The smallest absolute Gasteiger partial charge is 0.305 e. The highest BCUT2D eigenvalue weighted by Gasteiger charge is 2.20. The molecule has 0 saturated heterocycles. The summed E-state index contributed by atoms with van der Waals surface area (Å²) >= 11 is 0. The fourth-order valence-electron chi connectivity index (χ4n) is 2.10. The van der Waals surface area contributed by atoms with E-state index in [9.17, 15) is 4.79 Å². The van der Waals surface area contributed by atoms with Crippen molar-refractivity contribution in [3.63, 3.8) is 0 Å². The molecule has 92 valence electrons. The van der Waals surface area contributed by atoms with Crippen LogP contribution in [0.15, 0.2) is 24.3 Å². The van der Waals surface area contributed by atoms with Crippen LogP contribution in [-0.2, 0) is 16.0 Å². The SMILES string of the molecule is CCOC(=O)CC[C@H]1CCc2ccccc2O1. The van der Waals surface area contributed by atoms with Gasteiger partial charge in [-0.05, 0) is 37.8 Å². The molecule has 1 atom stereocenters. The van der Waals surface area contributed by atoms with E-state index < -0.39 is 0 Å². The van der Waals surface area contributed by atoms with Crippen molar-refractivity contribution >= 4 is 5.97 Å². The Hall–Kier alpha value is -1.51. The second-order valence-electron chi connectivity index (χ2n) is 4.23. The van der Waals surface area contributed by atoms with Crippen LogP contribution in [0.4, 0.5) is 0 Å². The number of benzene rings is 1. The number of esters is 1. The van der Waals surface area contributed by atoms with Crippen LogP contribution in [0.25, 0.3) is 0 Å². The van der Waals surface area contributed by atoms with E-state index in [2.05, 4.69) is 6.07 Å². The Morgan fingerprint density at radius 3 is 3.12 bits per heavy atom. The number of hydrogen-bond donors (Lipinski definition) is 0. The highest BCUT2D eigenvalue weighted by molar-refractivity contribution is 5.69. The molecule has 0 radical (unpaired) electrons. The Morgan fingerprint density at radius 2 is 2.29 bits per heavy atom. The van der Waals surface area contributed by atoms with Crippen molar-refractivity contribution < 1.29 is 14.3 Å². The molecule has 3 heteroatoms. The fourth-order valence-corrected chi connectivity index (χ4v) is 2.10. The van der Waals surface area contributed by atoms with Gasteiger partial charge >= 0.3 is 5.97 Å². The highest BCUT2D eigenvalue weighted by atomic mass is 16.5. The quantitative estimate of drug-likeness (QED) is 0.751. The topological polar surface area (TPSA) is 35.5 Å². The fraction of sp³-hybridized carbons (Fsp3) is 0.500. The number of aryl methyl sites for hydroxylation is 1. The van der Waals surface area contributed by atoms with E-state index in [1.54, 1.807) is 0 Å². The summed E-state index contributed by atoms with van der Waals surface area (Å²) in [4.78, 5) is 11.3. The molecular formula is C14H18O3. The minimum Gasteiger partial charge on any atom is -0.490 e. The van der Waals surface area contributed by atoms with E-state index >= 15 is 0 Å². The Balaban J connectivity index is 1.84. The zero-order valence-electron chi connectivity index (χ0n) is 10.1. The first kappa shape index (κ1) is 12.0. The summed E-state index contributed by atoms with van der Waals surface area (Å²) in [7, 11) is 0. The number of carbonyl (C=O) groups is 1. The Bertz CT molecular complexity index is 387. The average molecular weight is 234 g/mol. The lowest BCUT2D eigenvalue weighted by atomic mass is 10.00. The van der Waals surface area contributed by atoms with Crippen LogP contribution in [0.1, 0.15) is 31.7 Å². The van der Waals surface area contributed by atoms with E-state index in [1.807, 2.05) is 25.1 Å². The van der Waals surface area contributed by atoms with E-state index in [-0.39, 0.29) is 12.1 Å². The number of hydrogen-bond acceptors (Lipinski definition) is 3. The van der Waals surface area contributed by atoms with E-state index in [1.165, 1.54) is 5.56 Å². The van der Waals surface area contributed by atoms with E-state index in [4.69, 9.17) is 9.47 Å². The van der Waals surface area contributed by atoms with Crippen molar-refractivity contribution in [2.75, 3.05) is 6.61 Å². The van der Waals surface area contributed by atoms with Gasteiger partial charge in [-0.15, -0.1) is 0 Å². The zero-order chi connectivity index (χ0) is 12.1. The molecule has 17 heavy (non-hydrogen) atoms. The third kappa shape index (κ3) is 3.22. The maximum absolute atomic E-state index is 11.3. The van der Waals surface area contributed by atoms with Gasteiger partial charge in [0, 0.05) is 6.42 Å². The van der Waals surface area contributed by atoms with Gasteiger partial charge < -0.3 is 9.47 Å². The van der Waals surface area contributed by atoms with Crippen molar-refractivity contribution in [3.8, 4) is 5.75 Å². The number of ether oxygens (including phenoxy) is 2. The van der Waals surface area contributed by atoms with Gasteiger partial charge in [-0.2, -0.15) is 0 Å². The second-order valence-corrected chi connectivity index (χ2v) is 4.23. The largest absolute Gasteiger partial charge is 0.490 e. The summed E-state index contributed by atoms with van der Waals surface area (Å²) in [5, 5.41) is 0. The molecule has 0 saturated carbocycles. The molecule has 0 aromatic heterocycles. The van der Waals surface area contributed by atoms with Gasteiger partial charge in [0.15, 0.2) is 0 Å². The Kier molecular flexibility index (Phi) is 4.02. The third-order valence-electron chi connectivity index (χ3n) is 2.98. The molecule has 0 unspecified atom stereocenters. The molecule has 1 aromatic carbocycles. The molecule has 0 aliphatic carbocycles. The van der Waals surface area contributed by atoms with Crippen LogP contribution < -0.4 is 4.74 Å². The van der Waals surface area contributed by atoms with Crippen molar-refractivity contribution in [1.82, 2.24) is 0 Å². The summed E-state index contributed by atoms with van der Waals surface area (Å²) in [5.74, 6) is 0.836. The molecule has 1 aliphatic heterocycles. The lowest BCUT2D eigenvalue weighted by Gasteiger charge is -2.25. The molecule has 2 rings (SSSR count). The Morgan fingerprint density at radius 1 is 1.47 bits per heavy atom. The van der Waals surface area contributed by atoms with Crippen molar-refractivity contribution in [2.45, 2.75) is 38.7 Å². The van der Waals surface area contributed by atoms with Gasteiger partial charge in [-0.1, -0.05) is 18.2 Å². The summed E-state index contributed by atoms with van der Waals surface area (Å²) in [5.41, 5.74) is 1.26. The Labute approximate surface area is 102 Å². The zero-order valence-corrected chi connectivity index (χ0v) is 10.1. The van der Waals surface area contributed by atoms with Gasteiger partial charge in [-0.25, -0.2) is 0 Å². The monoisotopic (exact) mass is 234 g/mol. The second kappa shape index (κ2) is 5.71. The summed E-state index contributed by atoms with van der Waals surface area (Å²) in [6, 6.07) is 8.09. The van der Waals surface area contributed by atoms with Gasteiger partial charge in [-0.3, -0.25) is 4.79 Å². The minimum absolute atomic E-state index is 0.130. The van der Waals surface area contributed by atoms with Gasteiger partial charge in [0.2, 0.25) is 0 Å². The van der Waals surface area contributed by atoms with Crippen molar-refractivity contribution in [1.29, 1.82) is 0 Å². The molecule has 0 spiro atoms. The number of carbonyl (C=O) groups excluding carboxylic acids is 1. The van der Waals surface area contributed by atoms with Crippen LogP contribution >= 0.6 is 0 Å². The molecular weight excluding hydrogens is 216 g/mol. The van der Waals surface area contributed by atoms with Crippen molar-refractivity contribution in [3.05, 3.63) is 29.8 Å². The first-order chi connectivity index (χ1) is 8.29. The molecule has 0 N–H and O–H groups in total. The maximum Gasteiger partial charge on any atom is 0.305 e. The van der Waals surface area contributed by atoms with E-state index in [0.29, 0.717) is 13.0 Å². The van der Waals surface area contributed by atoms with Gasteiger partial charge in [0.1, 0.15) is 5.75 Å². The standard InChI is InChI=1S/C14H18O3/c1-2-16-14(15)10-9-12-8-7-11-5-3-4-6-13(11)17-12/h3-6,12H,2,7-10H2,1H3/t12-/m1/s1. The van der Waals surface area contributed by atoms with Gasteiger partial charge in [0.25, 0.3) is 0 Å². The molecule has 0 amide bonds. The summed E-state index contributed by atoms with van der Waals surface area (Å²) in [6.07, 6.45) is 3.35. The lowest BCUT2D eigenvalue weighted by Crippen LogP contribution is -2.23. The van der Waals surface area contributed by atoms with Crippen LogP contribution in [0.3, 0.4) is 0 Å². The highest BCUT2D eigenvalue weighted by Crippen LogP contribution is 2.28. The predicted molar refractivity (Wildman–Crippen MR) is 65.0 cm³/mol. The first-order valence-corrected chi connectivity index (χ1v) is 6.19. The van der Waals surface area contributed by atoms with Crippen LogP contribution in [0, 0.1) is 0 Å². The molecule has 0 fully saturated rings. The molecule has 0 bridgehead atoms. The van der Waals surface area contributed by atoms with Crippen LogP contribution in [-0.4, -0.2) is 18.7 Å². The number of fused-ring (bicyclic) bond motifs is 1. The number of rotatable bonds is 4. The normalized spacial score (nSPS) is 18.1. The summed E-state index contributed by atoms with van der Waals surface area (Å²) in [6.45, 7) is 2.28. The molecule has 3 nitrogen and oxygen atoms in total. The third-order valence-corrected chi connectivity index (χ3v) is 2.98. The predicted octanol–water partition coefficient (Wildman–Crippen LogP) is 2.72. The van der Waals surface area contributed by atoms with Crippen molar-refractivity contribution in [2.24, 2.45) is 0 Å². The lowest BCUT2D eigenvalue weighted by molar-refractivity contribution is -0.143. The average Bonchev–Trinajstić information content (AvgIpc) is 2.36. The molecule has 1 heterocycles. The van der Waals surface area contributed by atoms with Crippen LogP contribution in [0.2, 0.25) is 0 Å². The van der Waals surface area contributed by atoms with Crippen LogP contribution in [0.5, 0.6) is 5.75 Å². The minimum atomic E-state index is -0.130. The van der Waals surface area contributed by atoms with Gasteiger partial charge in [0.05, 0.1) is 12.7 Å². The number of para-hydroxylation sites is 1.